The predicted octanol–water partition coefficient (Wildman–Crippen LogP) is 1.63. The minimum Gasteiger partial charge on any atom is -0.480 e. The van der Waals surface area contributed by atoms with Crippen LogP contribution in [0, 0.1) is 24.2 Å². The van der Waals surface area contributed by atoms with E-state index >= 15 is 0 Å². The molecule has 3 heterocycles. The number of nitriles is 1. The molecule has 180 valence electrons. The first-order valence-electron chi connectivity index (χ1n) is 10.6. The lowest BCUT2D eigenvalue weighted by molar-refractivity contribution is -0.148. The molecule has 2 aliphatic rings. The van der Waals surface area contributed by atoms with Crippen LogP contribution in [0.25, 0.3) is 6.08 Å². The van der Waals surface area contributed by atoms with E-state index in [1.165, 1.54) is 4.57 Å². The molecule has 2 aliphatic heterocycles. The van der Waals surface area contributed by atoms with Gasteiger partial charge in [0.15, 0.2) is 0 Å². The molecule has 3 rings (SSSR count). The lowest BCUT2D eigenvalue weighted by Gasteiger charge is -2.35. The molecule has 1 N–H and O–H groups in total. The third-order valence-electron chi connectivity index (χ3n) is 5.75. The zero-order chi connectivity index (χ0) is 25.2. The van der Waals surface area contributed by atoms with E-state index in [2.05, 4.69) is 0 Å². The van der Waals surface area contributed by atoms with Crippen molar-refractivity contribution in [2.45, 2.75) is 26.7 Å². The quantitative estimate of drug-likeness (QED) is 0.346. The third kappa shape index (κ3) is 4.85. The number of aromatic nitrogens is 1. The van der Waals surface area contributed by atoms with Gasteiger partial charge in [0.2, 0.25) is 0 Å². The SMILES string of the molecule is CCOC(=O)C1CCCN(c2c(C=C3SC(=S)N(CC(=O)O)C3=O)c(C)c(C#N)c(=O)n2C)C1. The Labute approximate surface area is 205 Å². The van der Waals surface area contributed by atoms with Crippen LogP contribution >= 0.6 is 24.0 Å². The van der Waals surface area contributed by atoms with Crippen molar-refractivity contribution in [1.82, 2.24) is 9.47 Å². The van der Waals surface area contributed by atoms with Gasteiger partial charge in [0, 0.05) is 25.7 Å². The Bertz CT molecular complexity index is 1200. The first kappa shape index (κ1) is 25.5. The van der Waals surface area contributed by atoms with Crippen LogP contribution in [0.15, 0.2) is 9.70 Å². The van der Waals surface area contributed by atoms with E-state index < -0.39 is 24.0 Å². The summed E-state index contributed by atoms with van der Waals surface area (Å²) in [6.45, 7) is 3.96. The molecule has 0 radical (unpaired) electrons. The Morgan fingerprint density at radius 1 is 1.38 bits per heavy atom. The number of aliphatic carboxylic acids is 1. The van der Waals surface area contributed by atoms with Gasteiger partial charge in [0.25, 0.3) is 11.5 Å². The summed E-state index contributed by atoms with van der Waals surface area (Å²) in [5.74, 6) is -1.96. The number of hydrogen-bond acceptors (Lipinski definition) is 9. The zero-order valence-corrected chi connectivity index (χ0v) is 20.6. The summed E-state index contributed by atoms with van der Waals surface area (Å²) in [6.07, 6.45) is 2.89. The summed E-state index contributed by atoms with van der Waals surface area (Å²) in [5, 5.41) is 18.7. The lowest BCUT2D eigenvalue weighted by Crippen LogP contribution is -2.42. The summed E-state index contributed by atoms with van der Waals surface area (Å²) < 4.78 is 6.65. The van der Waals surface area contributed by atoms with Gasteiger partial charge in [-0.15, -0.1) is 0 Å². The Kier molecular flexibility index (Phi) is 7.78. The molecule has 2 fully saturated rings. The fourth-order valence-corrected chi connectivity index (χ4v) is 5.36. The minimum absolute atomic E-state index is 0.0579. The number of anilines is 1. The van der Waals surface area contributed by atoms with E-state index in [0.29, 0.717) is 42.9 Å². The molecule has 1 atom stereocenters. The third-order valence-corrected chi connectivity index (χ3v) is 7.13. The molecule has 12 heteroatoms. The second-order valence-electron chi connectivity index (χ2n) is 7.91. The minimum atomic E-state index is -1.19. The fraction of sp³-hybridized carbons (Fsp3) is 0.455. The van der Waals surface area contributed by atoms with E-state index in [9.17, 15) is 24.4 Å². The van der Waals surface area contributed by atoms with Crippen molar-refractivity contribution in [2.24, 2.45) is 13.0 Å². The number of amides is 1. The van der Waals surface area contributed by atoms with Gasteiger partial charge >= 0.3 is 11.9 Å². The van der Waals surface area contributed by atoms with Crippen LogP contribution in [-0.2, 0) is 26.2 Å². The molecule has 1 unspecified atom stereocenters. The summed E-state index contributed by atoms with van der Waals surface area (Å²) in [4.78, 5) is 52.3. The van der Waals surface area contributed by atoms with Crippen LogP contribution in [-0.4, -0.2) is 63.0 Å². The van der Waals surface area contributed by atoms with Crippen LogP contribution in [0.4, 0.5) is 5.82 Å². The molecule has 1 amide bonds. The summed E-state index contributed by atoms with van der Waals surface area (Å²) in [7, 11) is 1.54. The standard InChI is InChI=1S/C22H24N4O6S2/c1-4-32-21(31)13-6-5-7-25(10-13)18-14(12(2)15(9-23)19(29)24(18)3)8-16-20(30)26(11-17(27)28)22(33)34-16/h8,13H,4-7,10-11H2,1-3H3,(H,27,28). The highest BCUT2D eigenvalue weighted by atomic mass is 32.2. The molecule has 10 nitrogen and oxygen atoms in total. The number of carbonyl (C=O) groups excluding carboxylic acids is 2. The predicted molar refractivity (Wildman–Crippen MR) is 130 cm³/mol. The molecular weight excluding hydrogens is 480 g/mol. The summed E-state index contributed by atoms with van der Waals surface area (Å²) >= 11 is 6.14. The van der Waals surface area contributed by atoms with Gasteiger partial charge in [0.1, 0.15) is 28.3 Å². The summed E-state index contributed by atoms with van der Waals surface area (Å²) in [6, 6.07) is 1.94. The molecular formula is C22H24N4O6S2. The van der Waals surface area contributed by atoms with Gasteiger partial charge in [-0.25, -0.2) is 0 Å². The van der Waals surface area contributed by atoms with Crippen molar-refractivity contribution in [3.63, 3.8) is 0 Å². The highest BCUT2D eigenvalue weighted by molar-refractivity contribution is 8.26. The monoisotopic (exact) mass is 504 g/mol. The van der Waals surface area contributed by atoms with E-state index in [-0.39, 0.29) is 33.3 Å². The maximum atomic E-state index is 12.9. The second kappa shape index (κ2) is 10.4. The number of piperidine rings is 1. The number of thioether (sulfide) groups is 1. The Hall–Kier alpha value is -3.17. The van der Waals surface area contributed by atoms with Gasteiger partial charge < -0.3 is 14.7 Å². The molecule has 0 saturated carbocycles. The van der Waals surface area contributed by atoms with Crippen molar-refractivity contribution in [3.8, 4) is 6.07 Å². The van der Waals surface area contributed by atoms with Gasteiger partial charge in [-0.1, -0.05) is 24.0 Å². The zero-order valence-electron chi connectivity index (χ0n) is 19.0. The number of esters is 1. The molecule has 0 aromatic carbocycles. The second-order valence-corrected chi connectivity index (χ2v) is 9.59. The van der Waals surface area contributed by atoms with E-state index in [4.69, 9.17) is 22.1 Å². The number of rotatable bonds is 6. The number of pyridine rings is 1. The molecule has 2 saturated heterocycles. The van der Waals surface area contributed by atoms with Crippen LogP contribution in [0.3, 0.4) is 0 Å². The average molecular weight is 505 g/mol. The number of carbonyl (C=O) groups is 3. The Morgan fingerprint density at radius 3 is 2.71 bits per heavy atom. The van der Waals surface area contributed by atoms with Gasteiger partial charge in [-0.05, 0) is 38.3 Å². The van der Waals surface area contributed by atoms with Crippen LogP contribution in [0.1, 0.15) is 36.5 Å². The molecule has 34 heavy (non-hydrogen) atoms. The van der Waals surface area contributed by atoms with E-state index in [1.807, 2.05) is 11.0 Å². The maximum Gasteiger partial charge on any atom is 0.323 e. The van der Waals surface area contributed by atoms with Gasteiger partial charge in [0.05, 0.1) is 17.4 Å². The number of carboxylic acid groups (broad SMARTS) is 1. The van der Waals surface area contributed by atoms with E-state index in [1.54, 1.807) is 27.0 Å². The van der Waals surface area contributed by atoms with E-state index in [0.717, 1.165) is 16.7 Å². The normalized spacial score (nSPS) is 19.5. The molecule has 1 aromatic rings. The van der Waals surface area contributed by atoms with Crippen molar-refractivity contribution < 1.29 is 24.2 Å². The lowest BCUT2D eigenvalue weighted by atomic mass is 9.96. The van der Waals surface area contributed by atoms with Gasteiger partial charge in [-0.3, -0.25) is 28.6 Å². The first-order chi connectivity index (χ1) is 16.1. The molecule has 0 spiro atoms. The van der Waals surface area contributed by atoms with Gasteiger partial charge in [-0.2, -0.15) is 5.26 Å². The number of hydrogen-bond donors (Lipinski definition) is 1. The highest BCUT2D eigenvalue weighted by Gasteiger charge is 2.35. The molecule has 0 aliphatic carbocycles. The first-order valence-corrected chi connectivity index (χ1v) is 11.9. The van der Waals surface area contributed by atoms with Crippen molar-refractivity contribution in [3.05, 3.63) is 31.9 Å². The smallest absolute Gasteiger partial charge is 0.323 e. The van der Waals surface area contributed by atoms with Crippen molar-refractivity contribution >= 4 is 58.0 Å². The van der Waals surface area contributed by atoms with Crippen LogP contribution < -0.4 is 10.5 Å². The Morgan fingerprint density at radius 2 is 2.09 bits per heavy atom. The number of nitrogens with zero attached hydrogens (tertiary/aromatic N) is 4. The van der Waals surface area contributed by atoms with Crippen LogP contribution in [0.2, 0.25) is 0 Å². The topological polar surface area (TPSA) is 133 Å². The Balaban J connectivity index is 2.13. The highest BCUT2D eigenvalue weighted by Crippen LogP contribution is 2.36. The largest absolute Gasteiger partial charge is 0.480 e. The molecule has 0 bridgehead atoms. The van der Waals surface area contributed by atoms with Crippen LogP contribution in [0.5, 0.6) is 0 Å². The average Bonchev–Trinajstić information content (AvgIpc) is 3.05. The maximum absolute atomic E-state index is 12.9. The van der Waals surface area contributed by atoms with Crippen molar-refractivity contribution in [1.29, 1.82) is 5.26 Å². The summed E-state index contributed by atoms with van der Waals surface area (Å²) in [5.41, 5.74) is 0.322. The fourth-order valence-electron chi connectivity index (χ4n) is 4.12. The number of ether oxygens (including phenoxy) is 1. The molecule has 1 aromatic heterocycles. The number of thiocarbonyl (C=S) groups is 1. The van der Waals surface area contributed by atoms with Crippen molar-refractivity contribution in [2.75, 3.05) is 31.1 Å². The number of carboxylic acids is 1.